The van der Waals surface area contributed by atoms with Crippen molar-refractivity contribution < 1.29 is 53.6 Å². The lowest BCUT2D eigenvalue weighted by Crippen LogP contribution is -2.70. The third-order valence-electron chi connectivity index (χ3n) is 37.4. The van der Waals surface area contributed by atoms with Gasteiger partial charge in [0, 0.05) is 91.6 Å². The van der Waals surface area contributed by atoms with Crippen molar-refractivity contribution >= 4 is 35.3 Å². The first kappa shape index (κ1) is 87.6. The number of Topliss-reactive ketones (excluding diaryl/α,β-unsaturated/α-hetero) is 1. The summed E-state index contributed by atoms with van der Waals surface area (Å²) >= 11 is 0. The molecule has 0 aromatic carbocycles. The molecule has 12 rings (SSSR count). The lowest BCUT2D eigenvalue weighted by Gasteiger charge is -2.74. The number of carboxylic acids is 2. The molecule has 11 aliphatic carbocycles. The number of esters is 1. The number of carboxylic acid groups (broad SMARTS) is 2. The number of aromatic nitrogens is 1. The van der Waals surface area contributed by atoms with Crippen molar-refractivity contribution in [2.45, 2.75) is 329 Å². The van der Waals surface area contributed by atoms with E-state index in [1.165, 1.54) is 11.3 Å². The molecule has 0 amide bonds. The van der Waals surface area contributed by atoms with E-state index in [4.69, 9.17) is 9.47 Å². The van der Waals surface area contributed by atoms with Crippen molar-refractivity contribution in [3.05, 3.63) is 100 Å². The summed E-state index contributed by atoms with van der Waals surface area (Å²) in [5, 5.41) is 32.8. The molecule has 1 aromatic heterocycles. The maximum absolute atomic E-state index is 14.9. The number of ketones is 3. The summed E-state index contributed by atoms with van der Waals surface area (Å²) in [6.45, 7) is 55.2. The van der Waals surface area contributed by atoms with Gasteiger partial charge in [0.1, 0.15) is 18.0 Å². The van der Waals surface area contributed by atoms with Crippen LogP contribution in [0.4, 0.5) is 0 Å². The number of allylic oxidation sites excluding steroid dienone is 9. The molecule has 0 radical (unpaired) electrons. The largest absolute Gasteiger partial charge is 0.506 e. The van der Waals surface area contributed by atoms with Gasteiger partial charge in [-0.3, -0.25) is 33.7 Å². The number of hydrogen-bond donors (Lipinski definition) is 3. The fourth-order valence-electron chi connectivity index (χ4n) is 30.5. The van der Waals surface area contributed by atoms with Crippen LogP contribution < -0.4 is 0 Å². The Morgan fingerprint density at radius 3 is 2.02 bits per heavy atom. The van der Waals surface area contributed by atoms with Crippen LogP contribution in [0.25, 0.3) is 0 Å². The van der Waals surface area contributed by atoms with Gasteiger partial charge in [-0.1, -0.05) is 146 Å². The molecule has 21 atom stereocenters. The monoisotopic (exact) mass is 1570 g/mol. The number of nitrogens with zero attached hydrogens (tertiary/aromatic N) is 3. The molecule has 14 nitrogen and oxygen atoms in total. The number of carbonyl (C=O) groups excluding carboxylic acids is 4. The van der Waals surface area contributed by atoms with Crippen LogP contribution >= 0.6 is 0 Å². The van der Waals surface area contributed by atoms with Gasteiger partial charge in [-0.05, 0) is 297 Å². The average molecular weight is 1570 g/mol. The van der Waals surface area contributed by atoms with Crippen LogP contribution in [0.3, 0.4) is 0 Å². The third-order valence-corrected chi connectivity index (χ3v) is 37.4. The second-order valence-corrected chi connectivity index (χ2v) is 44.1. The van der Waals surface area contributed by atoms with E-state index in [0.717, 1.165) is 145 Å². The van der Waals surface area contributed by atoms with Gasteiger partial charge in [-0.2, -0.15) is 0 Å². The van der Waals surface area contributed by atoms with Gasteiger partial charge >= 0.3 is 17.9 Å². The Labute approximate surface area is 687 Å². The third kappa shape index (κ3) is 13.2. The highest BCUT2D eigenvalue weighted by atomic mass is 16.5. The summed E-state index contributed by atoms with van der Waals surface area (Å²) in [6, 6.07) is 1.85. The van der Waals surface area contributed by atoms with Crippen molar-refractivity contribution in [1.29, 1.82) is 0 Å². The van der Waals surface area contributed by atoms with Crippen molar-refractivity contribution in [2.75, 3.05) is 27.7 Å². The Bertz CT molecular complexity index is 4190. The highest BCUT2D eigenvalue weighted by Gasteiger charge is 2.78. The van der Waals surface area contributed by atoms with E-state index in [-0.39, 0.29) is 121 Å². The highest BCUT2D eigenvalue weighted by molar-refractivity contribution is 6.03. The van der Waals surface area contributed by atoms with Crippen LogP contribution in [0.5, 0.6) is 5.75 Å². The van der Waals surface area contributed by atoms with Crippen LogP contribution in [0.15, 0.2) is 88.9 Å². The SMILES string of the molecule is C=CC(CC=CC(=O)C=C(N(C)C)C12CCC3(C)C(CCC4C5(C)CCC(OC(=C)CC(C)(C)C(=O)O)C(C)(C)C5CCC43C)C1=C(C(C)C)C(=O)C2)N(C)CCC(C)(CC(=O)OC1CCC2(C)C3C(CCC4(C)C2CCC2(C)C5=C(C(C)C)CCC5(c5cc(O)c(CCC(=O)C=C(C)CC)n5C)CCC24C)C(C)C13C)C(=O)O. The predicted molar refractivity (Wildman–Crippen MR) is 456 cm³/mol. The summed E-state index contributed by atoms with van der Waals surface area (Å²) < 4.78 is 15.8. The molecule has 0 spiro atoms. The topological polar surface area (TPSA) is 193 Å². The molecule has 0 saturated heterocycles. The summed E-state index contributed by atoms with van der Waals surface area (Å²) in [5.41, 5.74) is 5.88. The summed E-state index contributed by atoms with van der Waals surface area (Å²) in [7, 11) is 8.14. The van der Waals surface area contributed by atoms with Gasteiger partial charge < -0.3 is 34.3 Å². The first-order valence-electron chi connectivity index (χ1n) is 44.9. The van der Waals surface area contributed by atoms with Crippen molar-refractivity contribution in [2.24, 2.45) is 125 Å². The second kappa shape index (κ2) is 30.2. The molecule has 632 valence electrons. The van der Waals surface area contributed by atoms with E-state index >= 15 is 0 Å². The molecule has 3 N–H and O–H groups in total. The number of aliphatic carboxylic acids is 2. The van der Waals surface area contributed by atoms with Crippen LogP contribution in [0.2, 0.25) is 0 Å². The van der Waals surface area contributed by atoms with Crippen LogP contribution in [-0.2, 0) is 57.1 Å². The normalized spacial score (nSPS) is 39.1. The molecule has 21 unspecified atom stereocenters. The van der Waals surface area contributed by atoms with E-state index in [9.17, 15) is 44.1 Å². The van der Waals surface area contributed by atoms with E-state index in [2.05, 4.69) is 151 Å². The first-order chi connectivity index (χ1) is 52.9. The van der Waals surface area contributed by atoms with Crippen molar-refractivity contribution in [3.63, 3.8) is 0 Å². The van der Waals surface area contributed by atoms with E-state index in [1.54, 1.807) is 50.1 Å². The van der Waals surface area contributed by atoms with Crippen molar-refractivity contribution in [1.82, 2.24) is 14.4 Å². The summed E-state index contributed by atoms with van der Waals surface area (Å²) in [4.78, 5) is 87.2. The standard InChI is InChI=1S/C100H151N3O11/c1-27-62(7)54-67(105)32-34-71-72(106)56-78(103(71)26)99-47-37-68(60(3)4)85(99)96(20)46-39-76-92(16)43-41-80(98(22)64(9)69(84(92)98)36-44-95(76,19)97(96,21)49-51-99)114-81(108)59-90(14,87(111)112)52-53-102(25)65(28-2)30-29-31-66(104)55-77(101(23)24)100-50-48-93(17)70(83(100)82(61(5)6)73(107)58-100)33-35-75-91(15)42-40-79(113-63(8)57-88(10,11)86(109)110)89(12,13)74(91)38-45-94(75,93)18/h28-29,31,54-56,60-61,64-65,69-70,74-76,79-80,84,106H,2,8,27,30,32-53,57-59H2,1,3-7,9-26H3,(H,109,110)(H,111,112). The molecule has 0 bridgehead atoms. The Hall–Kier alpha value is -5.76. The zero-order valence-corrected chi connectivity index (χ0v) is 75.3. The minimum atomic E-state index is -1.40. The van der Waals surface area contributed by atoms with Crippen molar-refractivity contribution in [3.8, 4) is 5.75 Å². The lowest BCUT2D eigenvalue weighted by atomic mass is 9.30. The minimum absolute atomic E-state index is 0.00440. The molecule has 9 saturated carbocycles. The molecular formula is C100H151N3O11. The molecule has 114 heavy (non-hydrogen) atoms. The maximum Gasteiger partial charge on any atom is 0.309 e. The Morgan fingerprint density at radius 2 is 1.39 bits per heavy atom. The van der Waals surface area contributed by atoms with Gasteiger partial charge in [-0.15, -0.1) is 6.58 Å². The van der Waals surface area contributed by atoms with Gasteiger partial charge in [0.05, 0.1) is 28.7 Å². The Kier molecular flexibility index (Phi) is 23.2. The van der Waals surface area contributed by atoms with Crippen LogP contribution in [-0.4, -0.2) is 111 Å². The Morgan fingerprint density at radius 1 is 0.737 bits per heavy atom. The fraction of sp³-hybridized carbons (Fsp3) is 0.760. The molecule has 1 aromatic rings. The highest BCUT2D eigenvalue weighted by Crippen LogP contribution is 2.84. The molecular weight excluding hydrogens is 1420 g/mol. The number of carbonyl (C=O) groups is 6. The van der Waals surface area contributed by atoms with Gasteiger partial charge in [0.25, 0.3) is 0 Å². The Balaban J connectivity index is 0.697. The maximum atomic E-state index is 14.9. The smallest absolute Gasteiger partial charge is 0.309 e. The number of likely N-dealkylation sites (N-methyl/N-ethyl adjacent to an activating group) is 1. The number of rotatable bonds is 28. The van der Waals surface area contributed by atoms with E-state index < -0.39 is 34.2 Å². The molecule has 9 fully saturated rings. The quantitative estimate of drug-likeness (QED) is 0.0311. The molecule has 1 heterocycles. The number of ether oxygens (including phenoxy) is 2. The molecule has 11 aliphatic rings. The minimum Gasteiger partial charge on any atom is -0.506 e. The summed E-state index contributed by atoms with van der Waals surface area (Å²) in [5.74, 6) is 1.82. The average Bonchev–Trinajstić information content (AvgIpc) is 1.74. The number of hydrogen-bond acceptors (Lipinski definition) is 11. The molecule has 14 heteroatoms. The van der Waals surface area contributed by atoms with E-state index in [1.807, 2.05) is 40.2 Å². The predicted octanol–water partition coefficient (Wildman–Crippen LogP) is 21.9. The van der Waals surface area contributed by atoms with Crippen LogP contribution in [0, 0.1) is 118 Å². The number of aromatic hydroxyl groups is 1. The second-order valence-electron chi connectivity index (χ2n) is 44.1. The lowest BCUT2D eigenvalue weighted by molar-refractivity contribution is -0.274. The van der Waals surface area contributed by atoms with Crippen LogP contribution in [0.1, 0.15) is 310 Å². The van der Waals surface area contributed by atoms with Gasteiger partial charge in [0.15, 0.2) is 17.3 Å². The summed E-state index contributed by atoms with van der Waals surface area (Å²) in [6.07, 6.45) is 29.7. The fourth-order valence-corrected chi connectivity index (χ4v) is 30.5. The first-order valence-corrected chi connectivity index (χ1v) is 44.9. The zero-order chi connectivity index (χ0) is 84.1. The zero-order valence-electron chi connectivity index (χ0n) is 75.3. The van der Waals surface area contributed by atoms with E-state index in [0.29, 0.717) is 85.2 Å². The van der Waals surface area contributed by atoms with Gasteiger partial charge in [0.2, 0.25) is 0 Å². The number of fused-ring (bicyclic) bond motifs is 13. The molecule has 0 aliphatic heterocycles. The van der Waals surface area contributed by atoms with Gasteiger partial charge in [-0.25, -0.2) is 0 Å².